The third-order valence-corrected chi connectivity index (χ3v) is 5.18. The Morgan fingerprint density at radius 1 is 1.36 bits per heavy atom. The summed E-state index contributed by atoms with van der Waals surface area (Å²) in [5.41, 5.74) is 2.32. The van der Waals surface area contributed by atoms with Crippen LogP contribution >= 0.6 is 0 Å². The SMILES string of the molecule is CS(=O)(=O)CC1CCN(C(=O)c2ccc3nc[nH]c3c2)CC1. The van der Waals surface area contributed by atoms with E-state index >= 15 is 0 Å². The highest BCUT2D eigenvalue weighted by Crippen LogP contribution is 2.21. The second kappa shape index (κ2) is 5.72. The summed E-state index contributed by atoms with van der Waals surface area (Å²) < 4.78 is 22.7. The van der Waals surface area contributed by atoms with Crippen molar-refractivity contribution in [3.63, 3.8) is 0 Å². The summed E-state index contributed by atoms with van der Waals surface area (Å²) in [6.45, 7) is 1.22. The lowest BCUT2D eigenvalue weighted by atomic mass is 9.98. The van der Waals surface area contributed by atoms with E-state index in [2.05, 4.69) is 9.97 Å². The van der Waals surface area contributed by atoms with Gasteiger partial charge in [0.1, 0.15) is 9.84 Å². The van der Waals surface area contributed by atoms with Gasteiger partial charge in [-0.3, -0.25) is 4.79 Å². The van der Waals surface area contributed by atoms with E-state index in [1.165, 1.54) is 6.26 Å². The van der Waals surface area contributed by atoms with Gasteiger partial charge in [-0.25, -0.2) is 13.4 Å². The molecule has 1 amide bonds. The fourth-order valence-electron chi connectivity index (χ4n) is 2.98. The molecule has 7 heteroatoms. The van der Waals surface area contributed by atoms with Gasteiger partial charge in [0.15, 0.2) is 0 Å². The van der Waals surface area contributed by atoms with E-state index in [0.717, 1.165) is 23.9 Å². The number of nitrogens with one attached hydrogen (secondary N) is 1. The third kappa shape index (κ3) is 3.30. The number of amides is 1. The van der Waals surface area contributed by atoms with Gasteiger partial charge in [0, 0.05) is 24.9 Å². The Morgan fingerprint density at radius 3 is 2.77 bits per heavy atom. The van der Waals surface area contributed by atoms with Crippen LogP contribution in [-0.2, 0) is 9.84 Å². The van der Waals surface area contributed by atoms with Gasteiger partial charge in [-0.05, 0) is 37.0 Å². The summed E-state index contributed by atoms with van der Waals surface area (Å²) in [6, 6.07) is 5.43. The maximum absolute atomic E-state index is 12.5. The van der Waals surface area contributed by atoms with Gasteiger partial charge >= 0.3 is 0 Å². The van der Waals surface area contributed by atoms with E-state index in [1.807, 2.05) is 12.1 Å². The van der Waals surface area contributed by atoms with E-state index in [4.69, 9.17) is 0 Å². The Morgan fingerprint density at radius 2 is 2.09 bits per heavy atom. The predicted octanol–water partition coefficient (Wildman–Crippen LogP) is 1.46. The Kier molecular flexibility index (Phi) is 3.90. The average molecular weight is 321 g/mol. The molecule has 0 spiro atoms. The zero-order chi connectivity index (χ0) is 15.7. The van der Waals surface area contributed by atoms with Crippen LogP contribution in [0.15, 0.2) is 24.5 Å². The van der Waals surface area contributed by atoms with E-state index in [1.54, 1.807) is 17.3 Å². The number of nitrogens with zero attached hydrogens (tertiary/aromatic N) is 2. The molecular formula is C15H19N3O3S. The Balaban J connectivity index is 1.66. The minimum Gasteiger partial charge on any atom is -0.345 e. The number of hydrogen-bond donors (Lipinski definition) is 1. The largest absolute Gasteiger partial charge is 0.345 e. The number of imidazole rings is 1. The van der Waals surface area contributed by atoms with E-state index in [-0.39, 0.29) is 17.6 Å². The van der Waals surface area contributed by atoms with Crippen LogP contribution in [-0.4, -0.2) is 54.3 Å². The molecule has 1 fully saturated rings. The van der Waals surface area contributed by atoms with Gasteiger partial charge in [0.25, 0.3) is 5.91 Å². The summed E-state index contributed by atoms with van der Waals surface area (Å²) in [5.74, 6) is 0.373. The van der Waals surface area contributed by atoms with E-state index < -0.39 is 9.84 Å². The molecule has 22 heavy (non-hydrogen) atoms. The summed E-state index contributed by atoms with van der Waals surface area (Å²) >= 11 is 0. The van der Waals surface area contributed by atoms with Crippen molar-refractivity contribution in [2.45, 2.75) is 12.8 Å². The highest BCUT2D eigenvalue weighted by molar-refractivity contribution is 7.90. The number of rotatable bonds is 3. The molecule has 0 saturated carbocycles. The normalized spacial score (nSPS) is 17.0. The Bertz CT molecular complexity index is 789. The van der Waals surface area contributed by atoms with Gasteiger partial charge in [0.05, 0.1) is 23.1 Å². The zero-order valence-corrected chi connectivity index (χ0v) is 13.3. The molecule has 3 rings (SSSR count). The molecule has 6 nitrogen and oxygen atoms in total. The standard InChI is InChI=1S/C15H19N3O3S/c1-22(20,21)9-11-4-6-18(7-5-11)15(19)12-2-3-13-14(8-12)17-10-16-13/h2-3,8,10-11H,4-7,9H2,1H3,(H,16,17). The number of H-pyrrole nitrogens is 1. The van der Waals surface area contributed by atoms with Gasteiger partial charge in [-0.2, -0.15) is 0 Å². The first-order valence-corrected chi connectivity index (χ1v) is 9.38. The van der Waals surface area contributed by atoms with Crippen LogP contribution in [0.4, 0.5) is 0 Å². The van der Waals surface area contributed by atoms with Crippen molar-refractivity contribution in [2.24, 2.45) is 5.92 Å². The van der Waals surface area contributed by atoms with Crippen LogP contribution in [0.5, 0.6) is 0 Å². The maximum atomic E-state index is 12.5. The van der Waals surface area contributed by atoms with E-state index in [0.29, 0.717) is 18.7 Å². The number of piperidine rings is 1. The predicted molar refractivity (Wildman–Crippen MR) is 84.4 cm³/mol. The van der Waals surface area contributed by atoms with Crippen molar-refractivity contribution < 1.29 is 13.2 Å². The lowest BCUT2D eigenvalue weighted by Crippen LogP contribution is -2.39. The van der Waals surface area contributed by atoms with Crippen molar-refractivity contribution in [3.05, 3.63) is 30.1 Å². The summed E-state index contributed by atoms with van der Waals surface area (Å²) in [5, 5.41) is 0. The highest BCUT2D eigenvalue weighted by atomic mass is 32.2. The van der Waals surface area contributed by atoms with Gasteiger partial charge in [-0.15, -0.1) is 0 Å². The van der Waals surface area contributed by atoms with Crippen LogP contribution in [0.2, 0.25) is 0 Å². The second-order valence-electron chi connectivity index (χ2n) is 5.96. The molecule has 0 unspecified atom stereocenters. The Labute approximate surface area is 129 Å². The molecule has 1 aliphatic heterocycles. The molecule has 1 saturated heterocycles. The molecular weight excluding hydrogens is 302 g/mol. The van der Waals surface area contributed by atoms with Gasteiger partial charge < -0.3 is 9.88 Å². The van der Waals surface area contributed by atoms with Crippen molar-refractivity contribution in [3.8, 4) is 0 Å². The van der Waals surface area contributed by atoms with Crippen LogP contribution < -0.4 is 0 Å². The Hall–Kier alpha value is -1.89. The maximum Gasteiger partial charge on any atom is 0.253 e. The fourth-order valence-corrected chi connectivity index (χ4v) is 4.17. The first-order valence-electron chi connectivity index (χ1n) is 7.32. The van der Waals surface area contributed by atoms with Crippen LogP contribution in [0, 0.1) is 5.92 Å². The molecule has 2 heterocycles. The monoisotopic (exact) mass is 321 g/mol. The number of likely N-dealkylation sites (tertiary alicyclic amines) is 1. The topological polar surface area (TPSA) is 83.1 Å². The zero-order valence-electron chi connectivity index (χ0n) is 12.4. The molecule has 0 bridgehead atoms. The molecule has 0 aliphatic carbocycles. The summed E-state index contributed by atoms with van der Waals surface area (Å²) in [7, 11) is -2.95. The van der Waals surface area contributed by atoms with Gasteiger partial charge in [0.2, 0.25) is 0 Å². The molecule has 1 N–H and O–H groups in total. The minimum atomic E-state index is -2.95. The van der Waals surface area contributed by atoms with Crippen LogP contribution in [0.25, 0.3) is 11.0 Å². The summed E-state index contributed by atoms with van der Waals surface area (Å²) in [6.07, 6.45) is 4.36. The van der Waals surface area contributed by atoms with E-state index in [9.17, 15) is 13.2 Å². The fraction of sp³-hybridized carbons (Fsp3) is 0.467. The molecule has 1 aromatic heterocycles. The number of fused-ring (bicyclic) bond motifs is 1. The number of aromatic nitrogens is 2. The minimum absolute atomic E-state index is 0.00527. The number of hydrogen-bond acceptors (Lipinski definition) is 4. The van der Waals surface area contributed by atoms with Crippen molar-refractivity contribution in [2.75, 3.05) is 25.1 Å². The molecule has 1 aromatic carbocycles. The van der Waals surface area contributed by atoms with Crippen molar-refractivity contribution in [1.82, 2.24) is 14.9 Å². The average Bonchev–Trinajstić information content (AvgIpc) is 2.93. The molecule has 1 aliphatic rings. The third-order valence-electron chi connectivity index (χ3n) is 4.11. The van der Waals surface area contributed by atoms with Crippen LogP contribution in [0.3, 0.4) is 0 Å². The summed E-state index contributed by atoms with van der Waals surface area (Å²) in [4.78, 5) is 21.5. The molecule has 0 radical (unpaired) electrons. The first kappa shape index (κ1) is 15.0. The number of carbonyl (C=O) groups excluding carboxylic acids is 1. The van der Waals surface area contributed by atoms with Crippen molar-refractivity contribution in [1.29, 1.82) is 0 Å². The lowest BCUT2D eigenvalue weighted by Gasteiger charge is -2.31. The van der Waals surface area contributed by atoms with Crippen LogP contribution in [0.1, 0.15) is 23.2 Å². The van der Waals surface area contributed by atoms with Gasteiger partial charge in [-0.1, -0.05) is 0 Å². The number of benzene rings is 1. The second-order valence-corrected chi connectivity index (χ2v) is 8.15. The number of carbonyl (C=O) groups is 1. The smallest absolute Gasteiger partial charge is 0.253 e. The number of aromatic amines is 1. The molecule has 2 aromatic rings. The number of sulfone groups is 1. The van der Waals surface area contributed by atoms with Crippen molar-refractivity contribution >= 4 is 26.8 Å². The quantitative estimate of drug-likeness (QED) is 0.927. The molecule has 0 atom stereocenters. The highest BCUT2D eigenvalue weighted by Gasteiger charge is 2.25. The molecule has 118 valence electrons. The lowest BCUT2D eigenvalue weighted by molar-refractivity contribution is 0.0698. The first-order chi connectivity index (χ1) is 10.4.